The maximum atomic E-state index is 7.29. The molecule has 0 fully saturated rings. The predicted octanol–water partition coefficient (Wildman–Crippen LogP) is 14.5. The summed E-state index contributed by atoms with van der Waals surface area (Å²) in [5.74, 6) is 4.21. The van der Waals surface area contributed by atoms with Gasteiger partial charge in [-0.25, -0.2) is 0 Å². The zero-order valence-corrected chi connectivity index (χ0v) is 41.1. The first-order chi connectivity index (χ1) is 33.5. The van der Waals surface area contributed by atoms with Crippen molar-refractivity contribution < 1.29 is 28.0 Å². The van der Waals surface area contributed by atoms with Gasteiger partial charge in [-0.3, -0.25) is 0 Å². The van der Waals surface area contributed by atoms with Crippen LogP contribution < -0.4 is 50.9 Å². The molecule has 0 radical (unpaired) electrons. The number of para-hydroxylation sites is 5. The molecule has 0 amide bonds. The molecule has 1 unspecified atom stereocenters. The molecule has 0 saturated carbocycles. The molecule has 68 heavy (non-hydrogen) atoms. The molecule has 6 aromatic rings. The van der Waals surface area contributed by atoms with Crippen LogP contribution in [0.15, 0.2) is 147 Å². The van der Waals surface area contributed by atoms with Gasteiger partial charge in [0.25, 0.3) is 0 Å². The fourth-order valence-electron chi connectivity index (χ4n) is 7.54. The van der Waals surface area contributed by atoms with Gasteiger partial charge in [0, 0.05) is 6.07 Å². The molecule has 6 aromatic carbocycles. The van der Waals surface area contributed by atoms with Crippen molar-refractivity contribution in [3.63, 3.8) is 0 Å². The summed E-state index contributed by atoms with van der Waals surface area (Å²) in [6.07, 6.45) is 9.88. The Hall–Kier alpha value is -5.61. The predicted molar refractivity (Wildman–Crippen MR) is 276 cm³/mol. The molecule has 7 rings (SSSR count). The smallest absolute Gasteiger partial charge is 0.453 e. The summed E-state index contributed by atoms with van der Waals surface area (Å²) in [7, 11) is -2.69. The first kappa shape index (κ1) is 50.3. The normalized spacial score (nSPS) is 14.5. The van der Waals surface area contributed by atoms with Gasteiger partial charge in [-0.05, 0) is 162 Å². The fraction of sp³-hybridized carbons (Fsp3) is 0.308. The van der Waals surface area contributed by atoms with Crippen molar-refractivity contribution in [1.82, 2.24) is 0 Å². The number of benzene rings is 6. The van der Waals surface area contributed by atoms with E-state index in [0.29, 0.717) is 77.7 Å². The Labute approximate surface area is 404 Å². The van der Waals surface area contributed by atoms with E-state index in [1.807, 2.05) is 103 Å². The molecule has 0 bridgehead atoms. The van der Waals surface area contributed by atoms with Crippen LogP contribution in [-0.2, 0) is 25.7 Å². The van der Waals surface area contributed by atoms with E-state index >= 15 is 0 Å². The van der Waals surface area contributed by atoms with Crippen LogP contribution in [0.3, 0.4) is 0 Å². The molecule has 0 aromatic heterocycles. The number of nitrogens with zero attached hydrogens (tertiary/aromatic N) is 3. The number of rotatable bonds is 28. The molecule has 0 saturated heterocycles. The molecule has 1 aliphatic heterocycles. The van der Waals surface area contributed by atoms with Crippen molar-refractivity contribution in [3.8, 4) is 57.5 Å². The van der Waals surface area contributed by atoms with Crippen LogP contribution in [0.1, 0.15) is 73.6 Å². The third-order valence-electron chi connectivity index (χ3n) is 11.0. The maximum absolute atomic E-state index is 7.29. The topological polar surface area (TPSA) is 197 Å². The molecule has 0 aliphatic carbocycles. The van der Waals surface area contributed by atoms with Gasteiger partial charge in [-0.15, -0.1) is 9.03 Å². The lowest BCUT2D eigenvalue weighted by molar-refractivity contribution is 0.351. The summed E-state index contributed by atoms with van der Waals surface area (Å²) in [5, 5.41) is 0. The Morgan fingerprint density at radius 1 is 0.382 bits per heavy atom. The summed E-state index contributed by atoms with van der Waals surface area (Å²) in [4.78, 5) is 0. The van der Waals surface area contributed by atoms with E-state index < -0.39 is 7.66 Å². The lowest BCUT2D eigenvalue weighted by Gasteiger charge is -2.26. The Kier molecular flexibility index (Phi) is 19.8. The molecule has 1 aliphatic rings. The Balaban J connectivity index is 1.52. The highest BCUT2D eigenvalue weighted by Gasteiger charge is 2.35. The van der Waals surface area contributed by atoms with Crippen molar-refractivity contribution >= 4 is 24.7 Å². The van der Waals surface area contributed by atoms with E-state index in [0.717, 1.165) is 99.3 Å². The van der Waals surface area contributed by atoms with E-state index in [1.165, 1.54) is 0 Å². The van der Waals surface area contributed by atoms with Crippen LogP contribution in [0.2, 0.25) is 0 Å². The van der Waals surface area contributed by atoms with Crippen molar-refractivity contribution in [2.45, 2.75) is 77.0 Å². The summed E-state index contributed by atoms with van der Waals surface area (Å²) in [6, 6.07) is 43.1. The molecule has 1 heterocycles. The van der Waals surface area contributed by atoms with Crippen molar-refractivity contribution in [2.24, 2.45) is 36.5 Å². The number of aryl methyl sites for hydroxylation is 4. The summed E-state index contributed by atoms with van der Waals surface area (Å²) < 4.78 is 56.7. The van der Waals surface area contributed by atoms with E-state index in [1.54, 1.807) is 6.07 Å². The van der Waals surface area contributed by atoms with E-state index in [-0.39, 0.29) is 23.0 Å². The van der Waals surface area contributed by atoms with Gasteiger partial charge in [-0.2, -0.15) is 4.52 Å². The second kappa shape index (κ2) is 26.8. The molecule has 8 N–H and O–H groups in total. The van der Waals surface area contributed by atoms with Gasteiger partial charge in [0.2, 0.25) is 17.2 Å². The monoisotopic (exact) mass is 973 g/mol. The molecule has 1 atom stereocenters. The van der Waals surface area contributed by atoms with Gasteiger partial charge < -0.3 is 50.9 Å². The molecule has 16 heteroatoms. The third kappa shape index (κ3) is 14.2. The lowest BCUT2D eigenvalue weighted by atomic mass is 10.1. The Bertz CT molecular complexity index is 2650. The van der Waals surface area contributed by atoms with E-state index in [9.17, 15) is 0 Å². The second-order valence-corrected chi connectivity index (χ2v) is 20.0. The number of unbranched alkanes of at least 4 members (excludes halogenated alkanes) is 4. The minimum absolute atomic E-state index is 0.209. The number of nitrogens with two attached hydrogens (primary N) is 4. The average molecular weight is 974 g/mol. The van der Waals surface area contributed by atoms with Crippen LogP contribution in [0.25, 0.3) is 0 Å². The molecular weight excluding hydrogens is 912 g/mol. The van der Waals surface area contributed by atoms with Gasteiger partial charge >= 0.3 is 7.66 Å². The number of ether oxygens (including phenoxy) is 4. The first-order valence-corrected chi connectivity index (χ1v) is 26.6. The number of hydrogen-bond donors (Lipinski definition) is 4. The zero-order chi connectivity index (χ0) is 47.2. The molecule has 356 valence electrons. The van der Waals surface area contributed by atoms with Crippen LogP contribution in [0.5, 0.6) is 57.5 Å². The molecule has 0 spiro atoms. The lowest BCUT2D eigenvalue weighted by Crippen LogP contribution is -2.06. The standard InChI is InChI=1S/C52H62N7O6P3/c53-34-16-12-24-39-20-4-8-30-44(39)60-48-38-49(65-68(58-66-57-67-59-68)64-43-28-2-1-3-29-43)51(62-46-32-10-6-22-41(46)26-14-18-36-55)52(63-47-33-11-7-23-42(47)27-15-19-37-56)50(48)61-45-31-9-5-21-40(45)25-13-17-35-54/h1-11,20-23,28-33,38H,12-19,24-27,34-37,53-56H2. The van der Waals surface area contributed by atoms with Crippen LogP contribution in [-0.4, -0.2) is 26.2 Å². The van der Waals surface area contributed by atoms with Gasteiger partial charge in [0.05, 0.1) is 0 Å². The maximum Gasteiger partial charge on any atom is 0.460 e. The van der Waals surface area contributed by atoms with E-state index in [4.69, 9.17) is 60.0 Å². The number of hydrogen-bond acceptors (Lipinski definition) is 13. The average Bonchev–Trinajstić information content (AvgIpc) is 3.36. The minimum atomic E-state index is -3.51. The molecular formula is C52H62N7O6P3. The molecule has 13 nitrogen and oxygen atoms in total. The minimum Gasteiger partial charge on any atom is -0.453 e. The van der Waals surface area contributed by atoms with Gasteiger partial charge in [0.1, 0.15) is 28.7 Å². The van der Waals surface area contributed by atoms with Gasteiger partial charge in [0.15, 0.2) is 28.5 Å². The SMILES string of the molecule is NCCCCc1ccccc1Oc1cc(OP2(Oc3ccccc3)=NP=NP=N2)c(Oc2ccccc2CCCCN)c(Oc2ccccc2CCCCN)c1Oc1ccccc1CCCCN. The Morgan fingerprint density at radius 3 is 1.21 bits per heavy atom. The summed E-state index contributed by atoms with van der Waals surface area (Å²) in [5.41, 5.74) is 27.8. The Morgan fingerprint density at radius 2 is 0.779 bits per heavy atom. The van der Waals surface area contributed by atoms with E-state index in [2.05, 4.69) is 28.8 Å². The van der Waals surface area contributed by atoms with Gasteiger partial charge in [-0.1, -0.05) is 91.0 Å². The zero-order valence-electron chi connectivity index (χ0n) is 38.5. The first-order valence-electron chi connectivity index (χ1n) is 23.5. The second-order valence-electron chi connectivity index (χ2n) is 16.1. The third-order valence-corrected chi connectivity index (χ3v) is 15.0. The van der Waals surface area contributed by atoms with Crippen molar-refractivity contribution in [3.05, 3.63) is 156 Å². The highest BCUT2D eigenvalue weighted by Crippen LogP contribution is 2.64. The van der Waals surface area contributed by atoms with Crippen LogP contribution >= 0.6 is 24.7 Å². The quantitative estimate of drug-likeness (QED) is 0.0271. The summed E-state index contributed by atoms with van der Waals surface area (Å²) in [6.45, 7) is 2.35. The van der Waals surface area contributed by atoms with Crippen LogP contribution in [0, 0.1) is 0 Å². The highest BCUT2D eigenvalue weighted by atomic mass is 31.2. The van der Waals surface area contributed by atoms with Crippen LogP contribution in [0.4, 0.5) is 0 Å². The highest BCUT2D eigenvalue weighted by molar-refractivity contribution is 7.65. The van der Waals surface area contributed by atoms with Crippen molar-refractivity contribution in [1.29, 1.82) is 0 Å². The fourth-order valence-corrected chi connectivity index (χ4v) is 11.3. The van der Waals surface area contributed by atoms with Crippen molar-refractivity contribution in [2.75, 3.05) is 26.2 Å². The largest absolute Gasteiger partial charge is 0.460 e. The summed E-state index contributed by atoms with van der Waals surface area (Å²) >= 11 is 0.